The number of carbonyl (C=O) groups excluding carboxylic acids is 6. The van der Waals surface area contributed by atoms with Crippen LogP contribution in [0.5, 0.6) is 0 Å². The van der Waals surface area contributed by atoms with Crippen LogP contribution in [0.3, 0.4) is 0 Å². The zero-order valence-electron chi connectivity index (χ0n) is 33.6. The highest BCUT2D eigenvalue weighted by Crippen LogP contribution is 2.35. The molecule has 0 aromatic heterocycles. The van der Waals surface area contributed by atoms with Crippen molar-refractivity contribution in [3.8, 4) is 0 Å². The maximum Gasteiger partial charge on any atom is 0.488 e. The number of carbonyl (C=O) groups is 6. The van der Waals surface area contributed by atoms with Crippen molar-refractivity contribution in [3.63, 3.8) is 0 Å². The molecule has 16 nitrogen and oxygen atoms in total. The van der Waals surface area contributed by atoms with Gasteiger partial charge in [0.2, 0.25) is 35.4 Å². The van der Waals surface area contributed by atoms with E-state index < -0.39 is 60.1 Å². The third-order valence-electron chi connectivity index (χ3n) is 10.6. The number of rotatable bonds is 11. The van der Waals surface area contributed by atoms with Crippen LogP contribution in [0.15, 0.2) is 91.0 Å². The molecule has 1 fully saturated rings. The predicted octanol–water partition coefficient (Wildman–Crippen LogP) is -1.24. The molecule has 60 heavy (non-hydrogen) atoms. The lowest BCUT2D eigenvalue weighted by Gasteiger charge is -2.42. The molecular weight excluding hydrogens is 769 g/mol. The fraction of sp³-hybridized carbons (Fsp3) is 0.395. The van der Waals surface area contributed by atoms with Crippen molar-refractivity contribution < 1.29 is 43.6 Å². The normalized spacial score (nSPS) is 21.4. The second kappa shape index (κ2) is 22.5. The first-order valence-corrected chi connectivity index (χ1v) is 20.2. The van der Waals surface area contributed by atoms with E-state index in [1.807, 2.05) is 30.3 Å². The van der Waals surface area contributed by atoms with Crippen LogP contribution < -0.4 is 37.8 Å². The molecule has 0 unspecified atom stereocenters. The molecule has 2 aliphatic heterocycles. The first-order valence-electron chi connectivity index (χ1n) is 20.2. The number of fused-ring (bicyclic) bond motifs is 3. The van der Waals surface area contributed by atoms with Crippen molar-refractivity contribution in [2.75, 3.05) is 45.9 Å². The van der Waals surface area contributed by atoms with Crippen molar-refractivity contribution in [3.05, 3.63) is 113 Å². The van der Waals surface area contributed by atoms with Crippen molar-refractivity contribution in [2.45, 2.75) is 57.2 Å². The van der Waals surface area contributed by atoms with Crippen LogP contribution in [0, 0.1) is 5.41 Å². The predicted molar refractivity (Wildman–Crippen MR) is 224 cm³/mol. The summed E-state index contributed by atoms with van der Waals surface area (Å²) in [7, 11) is -1.68. The van der Waals surface area contributed by atoms with Gasteiger partial charge < -0.3 is 52.0 Å². The van der Waals surface area contributed by atoms with E-state index in [4.69, 9.17) is 10.5 Å². The molecule has 5 rings (SSSR count). The maximum atomic E-state index is 14.7. The van der Waals surface area contributed by atoms with E-state index in [1.165, 1.54) is 17.0 Å². The molecule has 1 saturated heterocycles. The van der Waals surface area contributed by atoms with Gasteiger partial charge in [0.1, 0.15) is 12.1 Å². The monoisotopic (exact) mass is 823 g/mol. The molecule has 9 N–H and O–H groups in total. The molecule has 2 bridgehead atoms. The quantitative estimate of drug-likeness (QED) is 0.0845. The fourth-order valence-electron chi connectivity index (χ4n) is 7.40. The van der Waals surface area contributed by atoms with E-state index in [2.05, 4.69) is 26.6 Å². The van der Waals surface area contributed by atoms with Crippen LogP contribution in [0.25, 0.3) is 0 Å². The zero-order valence-corrected chi connectivity index (χ0v) is 33.6. The third kappa shape index (κ3) is 13.3. The van der Waals surface area contributed by atoms with Gasteiger partial charge in [0, 0.05) is 57.8 Å². The van der Waals surface area contributed by atoms with E-state index in [0.717, 1.165) is 17.7 Å². The molecule has 3 aromatic rings. The van der Waals surface area contributed by atoms with E-state index in [0.29, 0.717) is 49.2 Å². The molecule has 318 valence electrons. The van der Waals surface area contributed by atoms with Crippen molar-refractivity contribution >= 4 is 48.0 Å². The first kappa shape index (κ1) is 45.2. The second-order valence-corrected chi connectivity index (χ2v) is 15.0. The standard InChI is InChI=1S/C43H54BN7O9/c45-19-23-60-24-21-47-40(55)35-17-20-46-37(52)15-16-39(54)51-22-6-18-43(29-51,27-31-7-2-1-3-8-31)42(57)50-36(25-30-11-13-34(14-12-30)44(58)59)41(56)48-28-33-10-5-4-9-32(33)26-38(53)49-35/h1-5,7-16,35-36,58-59H,6,17-29,45H2,(H,46,52)(H,47,55)(H,48,56)(H,49,53)(H,50,57)/b16-15+/t35-,36-,43-/m0/s1. The Labute approximate surface area is 349 Å². The number of hydrogen-bond acceptors (Lipinski definition) is 10. The number of ether oxygens (including phenoxy) is 1. The average Bonchev–Trinajstić information content (AvgIpc) is 3.24. The number of hydrogen-bond donors (Lipinski definition) is 8. The van der Waals surface area contributed by atoms with Crippen molar-refractivity contribution in [2.24, 2.45) is 11.1 Å². The molecule has 3 aromatic carbocycles. The minimum atomic E-state index is -1.68. The number of nitrogens with zero attached hydrogens (tertiary/aromatic N) is 1. The Morgan fingerprint density at radius 2 is 1.62 bits per heavy atom. The van der Waals surface area contributed by atoms with Gasteiger partial charge in [-0.05, 0) is 53.4 Å². The smallest absolute Gasteiger partial charge is 0.423 e. The van der Waals surface area contributed by atoms with Gasteiger partial charge in [-0.15, -0.1) is 0 Å². The number of nitrogens with two attached hydrogens (primary N) is 1. The van der Waals surface area contributed by atoms with Crippen LogP contribution in [-0.4, -0.2) is 116 Å². The van der Waals surface area contributed by atoms with Gasteiger partial charge in [0.05, 0.1) is 25.0 Å². The van der Waals surface area contributed by atoms with Gasteiger partial charge in [0.15, 0.2) is 0 Å². The lowest BCUT2D eigenvalue weighted by atomic mass is 9.74. The van der Waals surface area contributed by atoms with Crippen LogP contribution >= 0.6 is 0 Å². The van der Waals surface area contributed by atoms with Gasteiger partial charge in [-0.1, -0.05) is 78.9 Å². The van der Waals surface area contributed by atoms with Crippen LogP contribution in [-0.2, 0) is 59.3 Å². The summed E-state index contributed by atoms with van der Waals surface area (Å²) in [5.41, 5.74) is 7.32. The van der Waals surface area contributed by atoms with Gasteiger partial charge in [-0.25, -0.2) is 0 Å². The first-order chi connectivity index (χ1) is 29.0. The molecule has 2 aliphatic rings. The topological polar surface area (TPSA) is 242 Å². The van der Waals surface area contributed by atoms with Crippen LogP contribution in [0.1, 0.15) is 41.5 Å². The zero-order chi connectivity index (χ0) is 42.9. The molecule has 17 heteroatoms. The van der Waals surface area contributed by atoms with Crippen LogP contribution in [0.2, 0.25) is 0 Å². The second-order valence-electron chi connectivity index (χ2n) is 15.0. The lowest BCUT2D eigenvalue weighted by Crippen LogP contribution is -2.58. The van der Waals surface area contributed by atoms with Crippen molar-refractivity contribution in [1.29, 1.82) is 0 Å². The molecule has 0 aliphatic carbocycles. The number of amides is 6. The van der Waals surface area contributed by atoms with E-state index in [9.17, 15) is 38.8 Å². The lowest BCUT2D eigenvalue weighted by molar-refractivity contribution is -0.141. The Hall–Kier alpha value is -5.88. The molecule has 3 atom stereocenters. The van der Waals surface area contributed by atoms with Gasteiger partial charge in [0.25, 0.3) is 0 Å². The summed E-state index contributed by atoms with van der Waals surface area (Å²) in [5.74, 6) is -2.93. The van der Waals surface area contributed by atoms with Gasteiger partial charge in [-0.3, -0.25) is 28.8 Å². The summed E-state index contributed by atoms with van der Waals surface area (Å²) in [6, 6.07) is 20.7. The summed E-state index contributed by atoms with van der Waals surface area (Å²) in [4.78, 5) is 83.6. The van der Waals surface area contributed by atoms with Gasteiger partial charge >= 0.3 is 7.12 Å². The molecule has 6 amide bonds. The summed E-state index contributed by atoms with van der Waals surface area (Å²) in [6.07, 6.45) is 3.39. The van der Waals surface area contributed by atoms with E-state index >= 15 is 0 Å². The Morgan fingerprint density at radius 1 is 0.883 bits per heavy atom. The molecular formula is C43H54BN7O9. The van der Waals surface area contributed by atoms with Crippen molar-refractivity contribution in [1.82, 2.24) is 31.5 Å². The highest BCUT2D eigenvalue weighted by atomic mass is 16.5. The molecule has 0 radical (unpaired) electrons. The SMILES string of the molecule is NCCOCCNC(=O)[C@@H]1CCNC(=O)/C=C/C(=O)N2CCC[C@](Cc3ccccc3)(C2)C(=O)N[C@@H](Cc2ccc(B(O)O)cc2)C(=O)NCc2ccccc2CC(=O)N1. The Morgan fingerprint density at radius 3 is 2.35 bits per heavy atom. The highest BCUT2D eigenvalue weighted by Gasteiger charge is 2.44. The summed E-state index contributed by atoms with van der Waals surface area (Å²) >= 11 is 0. The van der Waals surface area contributed by atoms with Gasteiger partial charge in [-0.2, -0.15) is 0 Å². The van der Waals surface area contributed by atoms with Crippen LogP contribution in [0.4, 0.5) is 0 Å². The number of piperidine rings is 1. The Bertz CT molecular complexity index is 1980. The molecule has 2 heterocycles. The number of benzene rings is 3. The molecule has 0 saturated carbocycles. The highest BCUT2D eigenvalue weighted by molar-refractivity contribution is 6.58. The maximum absolute atomic E-state index is 14.7. The summed E-state index contributed by atoms with van der Waals surface area (Å²) in [6.45, 7) is 1.42. The Balaban J connectivity index is 1.46. The Kier molecular flexibility index (Phi) is 16.9. The minimum Gasteiger partial charge on any atom is -0.423 e. The minimum absolute atomic E-state index is 0.000788. The largest absolute Gasteiger partial charge is 0.488 e. The fourth-order valence-corrected chi connectivity index (χ4v) is 7.40. The number of nitrogens with one attached hydrogen (secondary N) is 5. The van der Waals surface area contributed by atoms with E-state index in [-0.39, 0.29) is 63.9 Å². The van der Waals surface area contributed by atoms with E-state index in [1.54, 1.807) is 36.4 Å². The third-order valence-corrected chi connectivity index (χ3v) is 10.6. The average molecular weight is 824 g/mol. The summed E-state index contributed by atoms with van der Waals surface area (Å²) in [5, 5.41) is 33.4. The molecule has 0 spiro atoms. The summed E-state index contributed by atoms with van der Waals surface area (Å²) < 4.78 is 5.34.